The molecular weight excluding hydrogens is 261 g/mol. The number of fused-ring (bicyclic) bond motifs is 1. The van der Waals surface area contributed by atoms with Crippen LogP contribution in [-0.2, 0) is 12.8 Å². The Morgan fingerprint density at radius 2 is 1.89 bits per heavy atom. The molecule has 0 heterocycles. The van der Waals surface area contributed by atoms with Crippen molar-refractivity contribution >= 4 is 12.4 Å². The van der Waals surface area contributed by atoms with Gasteiger partial charge in [-0.25, -0.2) is 4.39 Å². The van der Waals surface area contributed by atoms with Crippen LogP contribution in [0.1, 0.15) is 44.2 Å². The lowest BCUT2D eigenvalue weighted by Crippen LogP contribution is -2.40. The van der Waals surface area contributed by atoms with E-state index in [1.165, 1.54) is 31.5 Å². The Labute approximate surface area is 122 Å². The van der Waals surface area contributed by atoms with Crippen molar-refractivity contribution in [3.8, 4) is 0 Å². The monoisotopic (exact) mass is 285 g/mol. The van der Waals surface area contributed by atoms with Gasteiger partial charge in [-0.15, -0.1) is 12.4 Å². The van der Waals surface area contributed by atoms with E-state index in [0.29, 0.717) is 6.04 Å². The van der Waals surface area contributed by atoms with Gasteiger partial charge < -0.3 is 4.90 Å². The van der Waals surface area contributed by atoms with Crippen LogP contribution in [0.25, 0.3) is 0 Å². The van der Waals surface area contributed by atoms with Crippen LogP contribution < -0.4 is 0 Å². The van der Waals surface area contributed by atoms with E-state index in [1.54, 1.807) is 6.07 Å². The summed E-state index contributed by atoms with van der Waals surface area (Å²) in [6.45, 7) is 6.81. The molecule has 1 aliphatic rings. The van der Waals surface area contributed by atoms with E-state index >= 15 is 0 Å². The molecule has 0 saturated carbocycles. The Kier molecular flexibility index (Phi) is 6.81. The van der Waals surface area contributed by atoms with Crippen molar-refractivity contribution < 1.29 is 4.39 Å². The van der Waals surface area contributed by atoms with E-state index in [1.807, 2.05) is 6.07 Å². The molecule has 3 heteroatoms. The maximum Gasteiger partial charge on any atom is 0.126 e. The summed E-state index contributed by atoms with van der Waals surface area (Å²) in [6.07, 6.45) is 5.43. The normalized spacial score (nSPS) is 18.0. The van der Waals surface area contributed by atoms with Crippen LogP contribution in [0.2, 0.25) is 0 Å². The maximum atomic E-state index is 13.7. The lowest BCUT2D eigenvalue weighted by Gasteiger charge is -2.35. The van der Waals surface area contributed by atoms with Gasteiger partial charge in [0.1, 0.15) is 5.82 Å². The molecule has 0 bridgehead atoms. The molecule has 0 unspecified atom stereocenters. The first kappa shape index (κ1) is 16.5. The smallest absolute Gasteiger partial charge is 0.126 e. The molecule has 19 heavy (non-hydrogen) atoms. The van der Waals surface area contributed by atoms with Crippen molar-refractivity contribution in [1.82, 2.24) is 4.90 Å². The van der Waals surface area contributed by atoms with Gasteiger partial charge in [-0.2, -0.15) is 0 Å². The summed E-state index contributed by atoms with van der Waals surface area (Å²) in [5.41, 5.74) is 2.19. The molecule has 0 radical (unpaired) electrons. The standard InChI is InChI=1S/C16H24FN.ClH/c1-3-10-18(11-4-2)14-8-9-15-13(12-14)6-5-7-16(15)17;/h5-7,14H,3-4,8-12H2,1-2H3;1H/t14-;/m1./s1. The van der Waals surface area contributed by atoms with Crippen molar-refractivity contribution in [2.45, 2.75) is 52.0 Å². The molecule has 0 saturated heterocycles. The summed E-state index contributed by atoms with van der Waals surface area (Å²) in [7, 11) is 0. The molecule has 0 fully saturated rings. The minimum atomic E-state index is -0.0107. The molecule has 0 aromatic heterocycles. The highest BCUT2D eigenvalue weighted by molar-refractivity contribution is 5.85. The van der Waals surface area contributed by atoms with Gasteiger partial charge in [0.15, 0.2) is 0 Å². The van der Waals surface area contributed by atoms with Gasteiger partial charge in [-0.1, -0.05) is 26.0 Å². The van der Waals surface area contributed by atoms with Crippen LogP contribution in [-0.4, -0.2) is 24.0 Å². The molecule has 0 aliphatic heterocycles. The van der Waals surface area contributed by atoms with Gasteiger partial charge >= 0.3 is 0 Å². The molecule has 0 N–H and O–H groups in total. The fraction of sp³-hybridized carbons (Fsp3) is 0.625. The Hall–Kier alpha value is -0.600. The fourth-order valence-electron chi connectivity index (χ4n) is 3.10. The molecule has 0 amide bonds. The van der Waals surface area contributed by atoms with E-state index in [2.05, 4.69) is 24.8 Å². The first-order valence-corrected chi connectivity index (χ1v) is 7.26. The molecule has 1 nitrogen and oxygen atoms in total. The highest BCUT2D eigenvalue weighted by Gasteiger charge is 2.24. The molecule has 1 aromatic carbocycles. The second-order valence-corrected chi connectivity index (χ2v) is 5.31. The predicted molar refractivity (Wildman–Crippen MR) is 81.6 cm³/mol. The SMILES string of the molecule is CCCN(CCC)[C@@H]1CCc2c(F)cccc2C1.Cl. The molecule has 108 valence electrons. The Balaban J connectivity index is 0.00000180. The topological polar surface area (TPSA) is 3.24 Å². The first-order valence-electron chi connectivity index (χ1n) is 7.26. The highest BCUT2D eigenvalue weighted by atomic mass is 35.5. The average molecular weight is 286 g/mol. The van der Waals surface area contributed by atoms with Crippen LogP contribution in [0.5, 0.6) is 0 Å². The van der Waals surface area contributed by atoms with Gasteiger partial charge in [-0.3, -0.25) is 0 Å². The summed E-state index contributed by atoms with van der Waals surface area (Å²) < 4.78 is 13.7. The van der Waals surface area contributed by atoms with Crippen molar-refractivity contribution in [3.05, 3.63) is 35.1 Å². The van der Waals surface area contributed by atoms with Gasteiger partial charge in [-0.05, 0) is 62.4 Å². The lowest BCUT2D eigenvalue weighted by molar-refractivity contribution is 0.179. The zero-order valence-electron chi connectivity index (χ0n) is 12.0. The summed E-state index contributed by atoms with van der Waals surface area (Å²) in [5, 5.41) is 0. The molecule has 1 aliphatic carbocycles. The van der Waals surface area contributed by atoms with Crippen LogP contribution in [0.3, 0.4) is 0 Å². The molecule has 0 spiro atoms. The molecule has 1 aromatic rings. The minimum absolute atomic E-state index is 0. The summed E-state index contributed by atoms with van der Waals surface area (Å²) in [5.74, 6) is -0.0107. The predicted octanol–water partition coefficient (Wildman–Crippen LogP) is 4.23. The van der Waals surface area contributed by atoms with Crippen LogP contribution in [0.4, 0.5) is 4.39 Å². The van der Waals surface area contributed by atoms with Gasteiger partial charge in [0.2, 0.25) is 0 Å². The maximum absolute atomic E-state index is 13.7. The highest BCUT2D eigenvalue weighted by Crippen LogP contribution is 2.26. The minimum Gasteiger partial charge on any atom is -0.300 e. The first-order chi connectivity index (χ1) is 8.76. The van der Waals surface area contributed by atoms with Crippen LogP contribution in [0.15, 0.2) is 18.2 Å². The van der Waals surface area contributed by atoms with Gasteiger partial charge in [0.05, 0.1) is 0 Å². The second kappa shape index (κ2) is 7.86. The van der Waals surface area contributed by atoms with E-state index < -0.39 is 0 Å². The third kappa shape index (κ3) is 3.93. The third-order valence-electron chi connectivity index (χ3n) is 3.94. The zero-order chi connectivity index (χ0) is 13.0. The molecule has 1 atom stereocenters. The Morgan fingerprint density at radius 3 is 2.53 bits per heavy atom. The number of hydrogen-bond acceptors (Lipinski definition) is 1. The molecule has 2 rings (SSSR count). The summed E-state index contributed by atoms with van der Waals surface area (Å²) in [6, 6.07) is 6.15. The van der Waals surface area contributed by atoms with Gasteiger partial charge in [0.25, 0.3) is 0 Å². The van der Waals surface area contributed by atoms with Crippen molar-refractivity contribution in [2.75, 3.05) is 13.1 Å². The Morgan fingerprint density at radius 1 is 1.21 bits per heavy atom. The fourth-order valence-corrected chi connectivity index (χ4v) is 3.10. The number of nitrogens with zero attached hydrogens (tertiary/aromatic N) is 1. The van der Waals surface area contributed by atoms with E-state index in [9.17, 15) is 4.39 Å². The number of rotatable bonds is 5. The van der Waals surface area contributed by atoms with Crippen LogP contribution >= 0.6 is 12.4 Å². The number of benzene rings is 1. The summed E-state index contributed by atoms with van der Waals surface area (Å²) in [4.78, 5) is 2.59. The van der Waals surface area contributed by atoms with Crippen molar-refractivity contribution in [1.29, 1.82) is 0 Å². The van der Waals surface area contributed by atoms with Crippen molar-refractivity contribution in [3.63, 3.8) is 0 Å². The second-order valence-electron chi connectivity index (χ2n) is 5.31. The Bertz CT molecular complexity index is 388. The third-order valence-corrected chi connectivity index (χ3v) is 3.94. The number of hydrogen-bond donors (Lipinski definition) is 0. The van der Waals surface area contributed by atoms with Crippen LogP contribution in [0, 0.1) is 5.82 Å². The largest absolute Gasteiger partial charge is 0.300 e. The quantitative estimate of drug-likeness (QED) is 0.783. The van der Waals surface area contributed by atoms with E-state index in [-0.39, 0.29) is 18.2 Å². The van der Waals surface area contributed by atoms with Crippen molar-refractivity contribution in [2.24, 2.45) is 0 Å². The zero-order valence-corrected chi connectivity index (χ0v) is 12.8. The summed E-state index contributed by atoms with van der Waals surface area (Å²) >= 11 is 0. The van der Waals surface area contributed by atoms with E-state index in [4.69, 9.17) is 0 Å². The van der Waals surface area contributed by atoms with Gasteiger partial charge in [0, 0.05) is 6.04 Å². The van der Waals surface area contributed by atoms with E-state index in [0.717, 1.165) is 24.8 Å². The molecular formula is C16H25ClFN. The average Bonchev–Trinajstić information content (AvgIpc) is 2.38. The lowest BCUT2D eigenvalue weighted by atomic mass is 9.87. The number of halogens is 2.